The minimum Gasteiger partial charge on any atom is -0.489 e. The van der Waals surface area contributed by atoms with Gasteiger partial charge in [0.15, 0.2) is 15.7 Å². The standard InChI is InChI=1S/C31H44ClN7O3S/c1-7-38(8-2)22-15-17-39(18-16-22)23-13-14-24(26(19-23)42-20(3)4)35-31-36-29(33)28(32)30(37-31)34-25-11-9-10-12-27(25)43(40,41)21(5)6/h9-14,19-22H,7-8,15-18H2,1-6H3,(H4,33,34,35,36,37). The van der Waals surface area contributed by atoms with Crippen LogP contribution in [0.4, 0.5) is 34.6 Å². The fourth-order valence-corrected chi connectivity index (χ4v) is 6.65. The number of ether oxygens (including phenoxy) is 1. The molecule has 1 aromatic heterocycles. The molecule has 1 aliphatic heterocycles. The molecule has 1 aliphatic rings. The number of para-hydroxylation sites is 1. The minimum absolute atomic E-state index is 0.0462. The van der Waals surface area contributed by atoms with Crippen LogP contribution >= 0.6 is 11.6 Å². The molecule has 0 aliphatic carbocycles. The molecule has 0 unspecified atom stereocenters. The maximum atomic E-state index is 13.0. The summed E-state index contributed by atoms with van der Waals surface area (Å²) in [7, 11) is -3.57. The molecule has 1 fully saturated rings. The van der Waals surface area contributed by atoms with E-state index in [1.165, 1.54) is 0 Å². The molecule has 0 atom stereocenters. The Morgan fingerprint density at radius 3 is 2.33 bits per heavy atom. The molecule has 0 saturated carbocycles. The highest BCUT2D eigenvalue weighted by molar-refractivity contribution is 7.92. The summed E-state index contributed by atoms with van der Waals surface area (Å²) >= 11 is 6.48. The monoisotopic (exact) mass is 629 g/mol. The van der Waals surface area contributed by atoms with Crippen LogP contribution < -0.4 is 26.0 Å². The highest BCUT2D eigenvalue weighted by atomic mass is 35.5. The molecule has 234 valence electrons. The van der Waals surface area contributed by atoms with Crippen LogP contribution in [0.25, 0.3) is 0 Å². The molecular weight excluding hydrogens is 586 g/mol. The van der Waals surface area contributed by atoms with Gasteiger partial charge in [-0.1, -0.05) is 37.6 Å². The van der Waals surface area contributed by atoms with Crippen LogP contribution in [0.1, 0.15) is 54.4 Å². The third kappa shape index (κ3) is 7.63. The van der Waals surface area contributed by atoms with E-state index in [1.807, 2.05) is 26.0 Å². The molecule has 10 nitrogen and oxygen atoms in total. The summed E-state index contributed by atoms with van der Waals surface area (Å²) in [4.78, 5) is 14.0. The molecule has 4 rings (SSSR count). The summed E-state index contributed by atoms with van der Waals surface area (Å²) in [6, 6.07) is 13.3. The van der Waals surface area contributed by atoms with Gasteiger partial charge in [0.05, 0.1) is 27.6 Å². The van der Waals surface area contributed by atoms with Gasteiger partial charge in [-0.2, -0.15) is 9.97 Å². The molecule has 0 amide bonds. The van der Waals surface area contributed by atoms with Gasteiger partial charge in [0.25, 0.3) is 0 Å². The van der Waals surface area contributed by atoms with Gasteiger partial charge in [-0.15, -0.1) is 0 Å². The van der Waals surface area contributed by atoms with E-state index in [4.69, 9.17) is 22.1 Å². The molecule has 43 heavy (non-hydrogen) atoms. The second-order valence-corrected chi connectivity index (χ2v) is 14.1. The number of hydrogen-bond acceptors (Lipinski definition) is 10. The second-order valence-electron chi connectivity index (χ2n) is 11.2. The van der Waals surface area contributed by atoms with E-state index >= 15 is 0 Å². The normalized spacial score (nSPS) is 14.5. The summed E-state index contributed by atoms with van der Waals surface area (Å²) in [6.45, 7) is 15.8. The molecule has 0 spiro atoms. The third-order valence-electron chi connectivity index (χ3n) is 7.68. The smallest absolute Gasteiger partial charge is 0.231 e. The van der Waals surface area contributed by atoms with Crippen molar-refractivity contribution in [3.8, 4) is 5.75 Å². The van der Waals surface area contributed by atoms with Crippen molar-refractivity contribution in [2.45, 2.75) is 76.7 Å². The van der Waals surface area contributed by atoms with Crippen LogP contribution in [0.2, 0.25) is 5.02 Å². The number of nitrogen functional groups attached to an aromatic ring is 1. The molecule has 1 saturated heterocycles. The highest BCUT2D eigenvalue weighted by Crippen LogP contribution is 2.36. The summed E-state index contributed by atoms with van der Waals surface area (Å²) in [5.74, 6) is 1.08. The lowest BCUT2D eigenvalue weighted by Gasteiger charge is -2.39. The minimum atomic E-state index is -3.57. The van der Waals surface area contributed by atoms with E-state index in [1.54, 1.807) is 38.1 Å². The van der Waals surface area contributed by atoms with Crippen molar-refractivity contribution in [2.75, 3.05) is 47.4 Å². The largest absolute Gasteiger partial charge is 0.489 e. The summed E-state index contributed by atoms with van der Waals surface area (Å²) in [5, 5.41) is 5.78. The Morgan fingerprint density at radius 2 is 1.70 bits per heavy atom. The van der Waals surface area contributed by atoms with Crippen molar-refractivity contribution in [3.63, 3.8) is 0 Å². The lowest BCUT2D eigenvalue weighted by molar-refractivity contribution is 0.186. The second kappa shape index (κ2) is 14.0. The molecule has 4 N–H and O–H groups in total. The average molecular weight is 630 g/mol. The Bertz CT molecular complexity index is 1510. The van der Waals surface area contributed by atoms with E-state index in [-0.39, 0.29) is 33.6 Å². The summed E-state index contributed by atoms with van der Waals surface area (Å²) in [6.07, 6.45) is 2.19. The summed E-state index contributed by atoms with van der Waals surface area (Å²) in [5.41, 5.74) is 8.29. The number of anilines is 6. The van der Waals surface area contributed by atoms with Crippen LogP contribution in [0.15, 0.2) is 47.4 Å². The van der Waals surface area contributed by atoms with Gasteiger partial charge >= 0.3 is 0 Å². The Hall–Kier alpha value is -3.28. The number of aromatic nitrogens is 2. The van der Waals surface area contributed by atoms with Gasteiger partial charge < -0.3 is 30.9 Å². The van der Waals surface area contributed by atoms with E-state index in [9.17, 15) is 8.42 Å². The number of benzene rings is 2. The lowest BCUT2D eigenvalue weighted by Crippen LogP contribution is -2.44. The topological polar surface area (TPSA) is 126 Å². The first-order valence-corrected chi connectivity index (χ1v) is 16.9. The number of sulfone groups is 1. The zero-order chi connectivity index (χ0) is 31.3. The highest BCUT2D eigenvalue weighted by Gasteiger charge is 2.25. The first kappa shape index (κ1) is 32.6. The maximum absolute atomic E-state index is 13.0. The summed E-state index contributed by atoms with van der Waals surface area (Å²) < 4.78 is 32.2. The van der Waals surface area contributed by atoms with Crippen molar-refractivity contribution >= 4 is 56.1 Å². The third-order valence-corrected chi connectivity index (χ3v) is 10.3. The van der Waals surface area contributed by atoms with Crippen LogP contribution in [0.3, 0.4) is 0 Å². The van der Waals surface area contributed by atoms with Crippen LogP contribution in [0.5, 0.6) is 5.75 Å². The SMILES string of the molecule is CCN(CC)C1CCN(c2ccc(Nc3nc(N)c(Cl)c(Nc4ccccc4S(=O)(=O)C(C)C)n3)c(OC(C)C)c2)CC1. The van der Waals surface area contributed by atoms with Crippen molar-refractivity contribution in [3.05, 3.63) is 47.5 Å². The number of nitrogens with zero attached hydrogens (tertiary/aromatic N) is 4. The Balaban J connectivity index is 1.60. The number of hydrogen-bond donors (Lipinski definition) is 3. The van der Waals surface area contributed by atoms with Crippen molar-refractivity contribution in [1.82, 2.24) is 14.9 Å². The van der Waals surface area contributed by atoms with E-state index in [0.717, 1.165) is 44.7 Å². The van der Waals surface area contributed by atoms with Crippen LogP contribution in [0, 0.1) is 0 Å². The van der Waals surface area contributed by atoms with E-state index in [2.05, 4.69) is 50.3 Å². The first-order valence-electron chi connectivity index (χ1n) is 14.9. The molecular formula is C31H44ClN7O3S. The van der Waals surface area contributed by atoms with Gasteiger partial charge in [-0.25, -0.2) is 8.42 Å². The van der Waals surface area contributed by atoms with Gasteiger partial charge in [-0.05, 0) is 77.9 Å². The van der Waals surface area contributed by atoms with Crippen LogP contribution in [-0.4, -0.2) is 66.9 Å². The molecule has 0 bridgehead atoms. The molecule has 12 heteroatoms. The Kier molecular flexibility index (Phi) is 10.6. The van der Waals surface area contributed by atoms with Crippen molar-refractivity contribution in [1.29, 1.82) is 0 Å². The Labute approximate surface area is 260 Å². The predicted molar refractivity (Wildman–Crippen MR) is 177 cm³/mol. The Morgan fingerprint density at radius 1 is 1.02 bits per heavy atom. The quantitative estimate of drug-likeness (QED) is 0.205. The molecule has 2 aromatic carbocycles. The van der Waals surface area contributed by atoms with Crippen molar-refractivity contribution < 1.29 is 13.2 Å². The zero-order valence-corrected chi connectivity index (χ0v) is 27.5. The van der Waals surface area contributed by atoms with Gasteiger partial charge in [0.2, 0.25) is 5.95 Å². The van der Waals surface area contributed by atoms with E-state index < -0.39 is 15.1 Å². The van der Waals surface area contributed by atoms with Gasteiger partial charge in [0, 0.05) is 30.9 Å². The number of nitrogens with one attached hydrogen (secondary N) is 2. The molecule has 3 aromatic rings. The number of piperidine rings is 1. The van der Waals surface area contributed by atoms with Crippen LogP contribution in [-0.2, 0) is 9.84 Å². The van der Waals surface area contributed by atoms with Crippen molar-refractivity contribution in [2.24, 2.45) is 0 Å². The number of rotatable bonds is 12. The fraction of sp³-hybridized carbons (Fsp3) is 0.484. The van der Waals surface area contributed by atoms with E-state index in [0.29, 0.717) is 23.2 Å². The fourth-order valence-electron chi connectivity index (χ4n) is 5.31. The molecule has 0 radical (unpaired) electrons. The lowest BCUT2D eigenvalue weighted by atomic mass is 10.0. The average Bonchev–Trinajstić information content (AvgIpc) is 2.97. The number of halogens is 1. The first-order chi connectivity index (χ1) is 20.4. The maximum Gasteiger partial charge on any atom is 0.231 e. The predicted octanol–water partition coefficient (Wildman–Crippen LogP) is 6.48. The van der Waals surface area contributed by atoms with Gasteiger partial charge in [0.1, 0.15) is 16.6 Å². The zero-order valence-electron chi connectivity index (χ0n) is 25.9. The number of nitrogens with two attached hydrogens (primary N) is 1. The van der Waals surface area contributed by atoms with Gasteiger partial charge in [-0.3, -0.25) is 0 Å². The molecule has 2 heterocycles.